The summed E-state index contributed by atoms with van der Waals surface area (Å²) in [6.07, 6.45) is -0.559. The lowest BCUT2D eigenvalue weighted by Crippen LogP contribution is -2.40. The Labute approximate surface area is 211 Å². The third kappa shape index (κ3) is 5.18. The van der Waals surface area contributed by atoms with Crippen LogP contribution in [0.5, 0.6) is 5.75 Å². The van der Waals surface area contributed by atoms with Gasteiger partial charge in [-0.05, 0) is 30.9 Å². The number of alkyl halides is 3. The highest BCUT2D eigenvalue weighted by atomic mass is 32.2. The molecule has 1 saturated carbocycles. The molecule has 3 aromatic rings. The summed E-state index contributed by atoms with van der Waals surface area (Å²) in [5.41, 5.74) is -0.470. The van der Waals surface area contributed by atoms with E-state index in [0.29, 0.717) is 31.4 Å². The third-order valence-electron chi connectivity index (χ3n) is 6.65. The second kappa shape index (κ2) is 9.99. The monoisotopic (exact) mass is 540 g/mol. The van der Waals surface area contributed by atoms with Gasteiger partial charge in [-0.1, -0.05) is 6.42 Å². The lowest BCUT2D eigenvalue weighted by atomic mass is 9.85. The molecule has 37 heavy (non-hydrogen) atoms. The number of benzene rings is 1. The number of H-pyrrole nitrogens is 1. The van der Waals surface area contributed by atoms with Gasteiger partial charge in [-0.3, -0.25) is 0 Å². The van der Waals surface area contributed by atoms with Crippen LogP contribution in [0, 0.1) is 5.92 Å². The molecule has 5 rings (SSSR count). The summed E-state index contributed by atoms with van der Waals surface area (Å²) in [7, 11) is -2.36. The number of hydrogen-bond acceptors (Lipinski definition) is 8. The number of morpholine rings is 1. The molecule has 1 aliphatic heterocycles. The van der Waals surface area contributed by atoms with Crippen LogP contribution in [-0.2, 0) is 20.9 Å². The second-order valence-electron chi connectivity index (χ2n) is 9.00. The Morgan fingerprint density at radius 1 is 1.22 bits per heavy atom. The van der Waals surface area contributed by atoms with Gasteiger partial charge < -0.3 is 25.1 Å². The summed E-state index contributed by atoms with van der Waals surface area (Å²) >= 11 is 0. The van der Waals surface area contributed by atoms with Crippen molar-refractivity contribution in [3.8, 4) is 5.75 Å². The van der Waals surface area contributed by atoms with Crippen LogP contribution >= 0.6 is 0 Å². The minimum Gasteiger partial charge on any atom is -0.495 e. The van der Waals surface area contributed by atoms with Crippen molar-refractivity contribution in [2.45, 2.75) is 30.3 Å². The number of aromatic amines is 1. The first-order valence-corrected chi connectivity index (χ1v) is 13.3. The van der Waals surface area contributed by atoms with Crippen LogP contribution in [-0.4, -0.2) is 67.6 Å². The maximum atomic E-state index is 13.6. The number of ether oxygens (including phenoxy) is 2. The fourth-order valence-corrected chi connectivity index (χ4v) is 5.79. The van der Waals surface area contributed by atoms with Gasteiger partial charge in [-0.15, -0.1) is 0 Å². The van der Waals surface area contributed by atoms with Gasteiger partial charge >= 0.3 is 6.18 Å². The van der Waals surface area contributed by atoms with Crippen LogP contribution < -0.4 is 15.4 Å². The van der Waals surface area contributed by atoms with E-state index < -0.39 is 21.8 Å². The maximum Gasteiger partial charge on any atom is 0.418 e. The lowest BCUT2D eigenvalue weighted by Gasteiger charge is -2.26. The zero-order chi connectivity index (χ0) is 26.2. The Hall–Kier alpha value is -3.10. The Bertz CT molecular complexity index is 1390. The fourth-order valence-electron chi connectivity index (χ4n) is 4.37. The molecule has 14 heteroatoms. The summed E-state index contributed by atoms with van der Waals surface area (Å²) in [5.74, 6) is 0.694. The molecule has 0 atom stereocenters. The molecule has 0 amide bonds. The van der Waals surface area contributed by atoms with Gasteiger partial charge in [0, 0.05) is 31.9 Å². The largest absolute Gasteiger partial charge is 0.495 e. The SMILES string of the molecule is COc1cc(S(=O)(=O)N2CCOCC2)ccc1Nc1nc(NCC2CCC2)c2c(C(F)(F)F)c[nH]c2n1. The van der Waals surface area contributed by atoms with Gasteiger partial charge in [0.15, 0.2) is 0 Å². The first kappa shape index (κ1) is 25.5. The Morgan fingerprint density at radius 3 is 2.62 bits per heavy atom. The standard InChI is InChI=1S/C23H27F3N6O4S/c1-35-18-11-15(37(33,34)32-7-9-36-10-8-32)5-6-17(18)29-22-30-20(27-12-14-3-2-4-14)19-16(23(24,25)26)13-28-21(19)31-22/h5-6,11,13-14H,2-4,7-10,12H2,1H3,(H3,27,28,29,30,31). The number of methoxy groups -OCH3 is 1. The smallest absolute Gasteiger partial charge is 0.418 e. The molecule has 1 aliphatic carbocycles. The molecule has 0 spiro atoms. The van der Waals surface area contributed by atoms with Gasteiger partial charge in [-0.25, -0.2) is 8.42 Å². The third-order valence-corrected chi connectivity index (χ3v) is 8.54. The maximum absolute atomic E-state index is 13.6. The predicted molar refractivity (Wildman–Crippen MR) is 131 cm³/mol. The lowest BCUT2D eigenvalue weighted by molar-refractivity contribution is -0.136. The highest BCUT2D eigenvalue weighted by Gasteiger charge is 2.36. The molecule has 3 heterocycles. The summed E-state index contributed by atoms with van der Waals surface area (Å²) in [6.45, 7) is 1.66. The van der Waals surface area contributed by atoms with Crippen LogP contribution in [0.25, 0.3) is 11.0 Å². The van der Waals surface area contributed by atoms with Gasteiger partial charge in [0.1, 0.15) is 17.2 Å². The van der Waals surface area contributed by atoms with Gasteiger partial charge in [0.05, 0.1) is 41.9 Å². The van der Waals surface area contributed by atoms with Gasteiger partial charge in [0.25, 0.3) is 0 Å². The number of sulfonamides is 1. The number of halogens is 3. The van der Waals surface area contributed by atoms with E-state index in [1.807, 2.05) is 0 Å². The van der Waals surface area contributed by atoms with Crippen molar-refractivity contribution in [1.82, 2.24) is 19.3 Å². The summed E-state index contributed by atoms with van der Waals surface area (Å²) < 4.78 is 78.9. The van der Waals surface area contributed by atoms with E-state index in [4.69, 9.17) is 9.47 Å². The van der Waals surface area contributed by atoms with Crippen LogP contribution in [0.2, 0.25) is 0 Å². The van der Waals surface area contributed by atoms with Crippen LogP contribution in [0.3, 0.4) is 0 Å². The van der Waals surface area contributed by atoms with Crippen molar-refractivity contribution in [2.75, 3.05) is 50.6 Å². The number of fused-ring (bicyclic) bond motifs is 1. The van der Waals surface area contributed by atoms with Crippen LogP contribution in [0.1, 0.15) is 24.8 Å². The highest BCUT2D eigenvalue weighted by molar-refractivity contribution is 7.89. The van der Waals surface area contributed by atoms with Gasteiger partial charge in [0.2, 0.25) is 16.0 Å². The van der Waals surface area contributed by atoms with Crippen molar-refractivity contribution >= 4 is 38.5 Å². The Morgan fingerprint density at radius 2 is 1.97 bits per heavy atom. The topological polar surface area (TPSA) is 121 Å². The van der Waals surface area contributed by atoms with E-state index in [1.54, 1.807) is 0 Å². The van der Waals surface area contributed by atoms with Crippen molar-refractivity contribution in [3.05, 3.63) is 30.0 Å². The molecule has 3 N–H and O–H groups in total. The van der Waals surface area contributed by atoms with E-state index in [0.717, 1.165) is 25.5 Å². The number of anilines is 3. The summed E-state index contributed by atoms with van der Waals surface area (Å²) in [4.78, 5) is 11.2. The van der Waals surface area contributed by atoms with Crippen molar-refractivity contribution in [3.63, 3.8) is 0 Å². The molecule has 0 unspecified atom stereocenters. The molecule has 1 aromatic carbocycles. The molecule has 0 bridgehead atoms. The van der Waals surface area contributed by atoms with Crippen molar-refractivity contribution < 1.29 is 31.1 Å². The number of nitrogens with zero attached hydrogens (tertiary/aromatic N) is 3. The number of aromatic nitrogens is 3. The summed E-state index contributed by atoms with van der Waals surface area (Å²) in [5, 5.41) is 5.90. The Kier molecular flexibility index (Phi) is 6.89. The highest BCUT2D eigenvalue weighted by Crippen LogP contribution is 2.39. The molecule has 10 nitrogen and oxygen atoms in total. The molecular formula is C23H27F3N6O4S. The van der Waals surface area contributed by atoms with Crippen molar-refractivity contribution in [1.29, 1.82) is 0 Å². The first-order valence-electron chi connectivity index (χ1n) is 11.9. The normalized spacial score (nSPS) is 17.5. The van der Waals surface area contributed by atoms with E-state index >= 15 is 0 Å². The molecular weight excluding hydrogens is 513 g/mol. The zero-order valence-corrected chi connectivity index (χ0v) is 20.9. The quantitative estimate of drug-likeness (QED) is 0.393. The molecule has 200 valence electrons. The average Bonchev–Trinajstić information content (AvgIpc) is 3.28. The van der Waals surface area contributed by atoms with E-state index in [1.165, 1.54) is 29.6 Å². The molecule has 2 fully saturated rings. The van der Waals surface area contributed by atoms with E-state index in [9.17, 15) is 21.6 Å². The van der Waals surface area contributed by atoms with Crippen LogP contribution in [0.15, 0.2) is 29.3 Å². The van der Waals surface area contributed by atoms with E-state index in [-0.39, 0.29) is 46.5 Å². The van der Waals surface area contributed by atoms with E-state index in [2.05, 4.69) is 25.6 Å². The predicted octanol–water partition coefficient (Wildman–Crippen LogP) is 3.96. The molecule has 2 aromatic heterocycles. The molecule has 0 radical (unpaired) electrons. The fraction of sp³-hybridized carbons (Fsp3) is 0.478. The average molecular weight is 541 g/mol. The Balaban J connectivity index is 1.46. The summed E-state index contributed by atoms with van der Waals surface area (Å²) in [6, 6.07) is 4.33. The minimum atomic E-state index is -4.57. The number of nitrogens with one attached hydrogen (secondary N) is 3. The van der Waals surface area contributed by atoms with Crippen LogP contribution in [0.4, 0.5) is 30.6 Å². The first-order chi connectivity index (χ1) is 17.7. The zero-order valence-electron chi connectivity index (χ0n) is 20.1. The van der Waals surface area contributed by atoms with Gasteiger partial charge in [-0.2, -0.15) is 27.4 Å². The number of rotatable bonds is 8. The van der Waals surface area contributed by atoms with Crippen molar-refractivity contribution in [2.24, 2.45) is 5.92 Å². The molecule has 1 saturated heterocycles. The molecule has 2 aliphatic rings. The number of hydrogen-bond donors (Lipinski definition) is 3. The minimum absolute atomic E-state index is 0.0198. The second-order valence-corrected chi connectivity index (χ2v) is 10.9.